The number of hydrogen-bond donors (Lipinski definition) is 6. The summed E-state index contributed by atoms with van der Waals surface area (Å²) in [7, 11) is 0. The van der Waals surface area contributed by atoms with Crippen LogP contribution in [0.4, 0.5) is 0 Å². The molecule has 0 bridgehead atoms. The Morgan fingerprint density at radius 2 is 1.41 bits per heavy atom. The van der Waals surface area contributed by atoms with E-state index < -0.39 is 47.8 Å². The van der Waals surface area contributed by atoms with Gasteiger partial charge < -0.3 is 31.9 Å². The van der Waals surface area contributed by atoms with E-state index in [1.165, 1.54) is 0 Å². The van der Waals surface area contributed by atoms with Gasteiger partial charge in [-0.05, 0) is 24.7 Å². The van der Waals surface area contributed by atoms with Crippen LogP contribution in [0.5, 0.6) is 0 Å². The first kappa shape index (κ1) is 26.3. The summed E-state index contributed by atoms with van der Waals surface area (Å²) in [4.78, 5) is 58.9. The number of carboxylic acids is 2. The largest absolute Gasteiger partial charge is 0.481 e. The molecular formula is C18H32N4O7. The van der Waals surface area contributed by atoms with Crippen LogP contribution in [0.15, 0.2) is 0 Å². The maximum Gasteiger partial charge on any atom is 0.326 e. The normalized spacial score (nSPS) is 14.0. The number of nitrogens with two attached hydrogens (primary N) is 1. The van der Waals surface area contributed by atoms with Gasteiger partial charge in [-0.2, -0.15) is 0 Å². The number of carbonyl (C=O) groups is 5. The van der Waals surface area contributed by atoms with Crippen LogP contribution in [0.3, 0.4) is 0 Å². The standard InChI is InChI=1S/C18H32N4O7/c1-9(2)7-12(17(27)22-15(10(3)4)18(28)29)21-16(26)11(5-6-14(24)25)20-13(23)8-19/h9-12,15H,5-8,19H2,1-4H3,(H,20,23)(H,21,26)(H,22,27)(H,24,25)(H,28,29). The third-order valence-corrected chi connectivity index (χ3v) is 4.05. The molecule has 0 aromatic heterocycles. The molecule has 0 aliphatic rings. The summed E-state index contributed by atoms with van der Waals surface area (Å²) in [5.74, 6) is -4.80. The Hall–Kier alpha value is -2.69. The van der Waals surface area contributed by atoms with Gasteiger partial charge in [-0.1, -0.05) is 27.7 Å². The summed E-state index contributed by atoms with van der Waals surface area (Å²) in [5, 5.41) is 25.3. The van der Waals surface area contributed by atoms with Crippen LogP contribution in [0, 0.1) is 11.8 Å². The van der Waals surface area contributed by atoms with Gasteiger partial charge in [0.1, 0.15) is 18.1 Å². The second-order valence-corrected chi connectivity index (χ2v) is 7.52. The van der Waals surface area contributed by atoms with Gasteiger partial charge in [0.05, 0.1) is 6.54 Å². The third kappa shape index (κ3) is 10.4. The zero-order chi connectivity index (χ0) is 22.7. The molecule has 0 radical (unpaired) electrons. The lowest BCUT2D eigenvalue weighted by Crippen LogP contribution is -2.57. The molecule has 0 heterocycles. The summed E-state index contributed by atoms with van der Waals surface area (Å²) in [6, 6.07) is -3.37. The quantitative estimate of drug-likeness (QED) is 0.221. The summed E-state index contributed by atoms with van der Waals surface area (Å²) in [5.41, 5.74) is 5.22. The van der Waals surface area contributed by atoms with Crippen molar-refractivity contribution in [1.29, 1.82) is 0 Å². The highest BCUT2D eigenvalue weighted by Crippen LogP contribution is 2.09. The van der Waals surface area contributed by atoms with Crippen molar-refractivity contribution >= 4 is 29.7 Å². The second-order valence-electron chi connectivity index (χ2n) is 7.52. The molecule has 0 aromatic rings. The number of rotatable bonds is 13. The average Bonchev–Trinajstić information content (AvgIpc) is 2.60. The van der Waals surface area contributed by atoms with Crippen LogP contribution in [0.25, 0.3) is 0 Å². The molecule has 0 fully saturated rings. The van der Waals surface area contributed by atoms with Crippen molar-refractivity contribution in [2.24, 2.45) is 17.6 Å². The van der Waals surface area contributed by atoms with Crippen LogP contribution >= 0.6 is 0 Å². The average molecular weight is 416 g/mol. The van der Waals surface area contributed by atoms with E-state index in [-0.39, 0.29) is 37.6 Å². The van der Waals surface area contributed by atoms with E-state index in [1.807, 2.05) is 13.8 Å². The molecule has 3 atom stereocenters. The van der Waals surface area contributed by atoms with Crippen molar-refractivity contribution in [1.82, 2.24) is 16.0 Å². The number of carbonyl (C=O) groups excluding carboxylic acids is 3. The molecule has 7 N–H and O–H groups in total. The van der Waals surface area contributed by atoms with Crippen LogP contribution in [0.2, 0.25) is 0 Å². The minimum Gasteiger partial charge on any atom is -0.481 e. The Kier molecular flexibility index (Phi) is 11.5. The van der Waals surface area contributed by atoms with Gasteiger partial charge in [-0.3, -0.25) is 19.2 Å². The van der Waals surface area contributed by atoms with Gasteiger partial charge in [0, 0.05) is 6.42 Å². The number of aliphatic carboxylic acids is 2. The van der Waals surface area contributed by atoms with Crippen LogP contribution in [-0.4, -0.2) is 64.5 Å². The molecule has 0 saturated heterocycles. The molecule has 29 heavy (non-hydrogen) atoms. The SMILES string of the molecule is CC(C)CC(NC(=O)C(CCC(=O)O)NC(=O)CN)C(=O)NC(C(=O)O)C(C)C. The van der Waals surface area contributed by atoms with Crippen molar-refractivity contribution in [2.45, 2.75) is 65.1 Å². The lowest BCUT2D eigenvalue weighted by Gasteiger charge is -2.26. The molecule has 0 rings (SSSR count). The molecule has 0 aromatic carbocycles. The Balaban J connectivity index is 5.38. The molecular weight excluding hydrogens is 384 g/mol. The van der Waals surface area contributed by atoms with E-state index in [1.54, 1.807) is 13.8 Å². The lowest BCUT2D eigenvalue weighted by molar-refractivity contribution is -0.143. The zero-order valence-electron chi connectivity index (χ0n) is 17.2. The monoisotopic (exact) mass is 416 g/mol. The molecule has 3 amide bonds. The first-order chi connectivity index (χ1) is 13.4. The zero-order valence-corrected chi connectivity index (χ0v) is 17.2. The van der Waals surface area contributed by atoms with Gasteiger partial charge in [-0.25, -0.2) is 4.79 Å². The molecule has 11 nitrogen and oxygen atoms in total. The fourth-order valence-electron chi connectivity index (χ4n) is 2.53. The highest BCUT2D eigenvalue weighted by molar-refractivity contribution is 5.93. The van der Waals surface area contributed by atoms with Crippen LogP contribution in [-0.2, 0) is 24.0 Å². The summed E-state index contributed by atoms with van der Waals surface area (Å²) in [6.07, 6.45) is -0.344. The first-order valence-electron chi connectivity index (χ1n) is 9.43. The van der Waals surface area contributed by atoms with Gasteiger partial charge >= 0.3 is 11.9 Å². The molecule has 0 spiro atoms. The molecule has 0 aliphatic heterocycles. The van der Waals surface area contributed by atoms with Crippen molar-refractivity contribution in [2.75, 3.05) is 6.54 Å². The Labute approximate surface area is 169 Å². The van der Waals surface area contributed by atoms with Crippen molar-refractivity contribution in [3.63, 3.8) is 0 Å². The van der Waals surface area contributed by atoms with E-state index in [4.69, 9.17) is 10.8 Å². The van der Waals surface area contributed by atoms with Crippen molar-refractivity contribution in [3.8, 4) is 0 Å². The minimum atomic E-state index is -1.20. The third-order valence-electron chi connectivity index (χ3n) is 4.05. The maximum atomic E-state index is 12.6. The maximum absolute atomic E-state index is 12.6. The number of carboxylic acid groups (broad SMARTS) is 2. The first-order valence-corrected chi connectivity index (χ1v) is 9.43. The number of amides is 3. The van der Waals surface area contributed by atoms with E-state index in [0.717, 1.165) is 0 Å². The van der Waals surface area contributed by atoms with Crippen molar-refractivity contribution < 1.29 is 34.2 Å². The highest BCUT2D eigenvalue weighted by Gasteiger charge is 2.31. The minimum absolute atomic E-state index is 0.00974. The summed E-state index contributed by atoms with van der Waals surface area (Å²) in [6.45, 7) is 6.53. The van der Waals surface area contributed by atoms with Crippen LogP contribution in [0.1, 0.15) is 47.0 Å². The second kappa shape index (κ2) is 12.7. The fraction of sp³-hybridized carbons (Fsp3) is 0.722. The van der Waals surface area contributed by atoms with E-state index in [0.29, 0.717) is 0 Å². The molecule has 0 aliphatic carbocycles. The Bertz CT molecular complexity index is 607. The Morgan fingerprint density at radius 3 is 1.83 bits per heavy atom. The van der Waals surface area contributed by atoms with Gasteiger partial charge in [0.15, 0.2) is 0 Å². The fourth-order valence-corrected chi connectivity index (χ4v) is 2.53. The van der Waals surface area contributed by atoms with Gasteiger partial charge in [0.25, 0.3) is 0 Å². The van der Waals surface area contributed by atoms with Crippen molar-refractivity contribution in [3.05, 3.63) is 0 Å². The topological polar surface area (TPSA) is 188 Å². The van der Waals surface area contributed by atoms with E-state index >= 15 is 0 Å². The Morgan fingerprint density at radius 1 is 0.862 bits per heavy atom. The summed E-state index contributed by atoms with van der Waals surface area (Å²) < 4.78 is 0. The molecule has 0 saturated carbocycles. The number of nitrogens with one attached hydrogen (secondary N) is 3. The predicted octanol–water partition coefficient (Wildman–Crippen LogP) is -0.949. The van der Waals surface area contributed by atoms with Gasteiger partial charge in [0.2, 0.25) is 17.7 Å². The predicted molar refractivity (Wildman–Crippen MR) is 104 cm³/mol. The van der Waals surface area contributed by atoms with E-state index in [2.05, 4.69) is 16.0 Å². The van der Waals surface area contributed by atoms with E-state index in [9.17, 15) is 29.1 Å². The lowest BCUT2D eigenvalue weighted by atomic mass is 10.00. The molecule has 3 unspecified atom stereocenters. The molecule has 166 valence electrons. The molecule has 11 heteroatoms. The smallest absolute Gasteiger partial charge is 0.326 e. The van der Waals surface area contributed by atoms with Crippen LogP contribution < -0.4 is 21.7 Å². The highest BCUT2D eigenvalue weighted by atomic mass is 16.4. The van der Waals surface area contributed by atoms with Gasteiger partial charge in [-0.15, -0.1) is 0 Å². The number of hydrogen-bond acceptors (Lipinski definition) is 6. The summed E-state index contributed by atoms with van der Waals surface area (Å²) >= 11 is 0.